The SMILES string of the molecule is CCOc1ccc(-n2nnc(CN)n2)cc1. The number of benzene rings is 1. The minimum absolute atomic E-state index is 0.289. The summed E-state index contributed by atoms with van der Waals surface area (Å²) in [6.07, 6.45) is 0. The molecule has 6 heteroatoms. The molecule has 2 aromatic rings. The molecule has 0 aliphatic carbocycles. The van der Waals surface area contributed by atoms with E-state index < -0.39 is 0 Å². The Kier molecular flexibility index (Phi) is 3.11. The number of nitrogens with zero attached hydrogens (tertiary/aromatic N) is 4. The molecule has 0 unspecified atom stereocenters. The molecule has 2 rings (SSSR count). The monoisotopic (exact) mass is 219 g/mol. The van der Waals surface area contributed by atoms with Crippen molar-refractivity contribution in [2.75, 3.05) is 6.61 Å². The fourth-order valence-corrected chi connectivity index (χ4v) is 1.28. The van der Waals surface area contributed by atoms with E-state index in [4.69, 9.17) is 10.5 Å². The van der Waals surface area contributed by atoms with Crippen molar-refractivity contribution in [3.63, 3.8) is 0 Å². The van der Waals surface area contributed by atoms with Gasteiger partial charge in [0.05, 0.1) is 18.8 Å². The van der Waals surface area contributed by atoms with Crippen molar-refractivity contribution in [3.8, 4) is 11.4 Å². The minimum atomic E-state index is 0.289. The summed E-state index contributed by atoms with van der Waals surface area (Å²) in [6, 6.07) is 7.47. The predicted octanol–water partition coefficient (Wildman–Crippen LogP) is 0.520. The maximum absolute atomic E-state index is 5.41. The fourth-order valence-electron chi connectivity index (χ4n) is 1.28. The number of tetrazole rings is 1. The highest BCUT2D eigenvalue weighted by atomic mass is 16.5. The van der Waals surface area contributed by atoms with E-state index in [1.165, 1.54) is 4.80 Å². The van der Waals surface area contributed by atoms with Gasteiger partial charge in [-0.25, -0.2) is 0 Å². The molecule has 0 fully saturated rings. The predicted molar refractivity (Wildman–Crippen MR) is 58.2 cm³/mol. The lowest BCUT2D eigenvalue weighted by Gasteiger charge is -2.03. The lowest BCUT2D eigenvalue weighted by molar-refractivity contribution is 0.340. The van der Waals surface area contributed by atoms with E-state index in [-0.39, 0.29) is 6.54 Å². The van der Waals surface area contributed by atoms with Crippen LogP contribution in [0.4, 0.5) is 0 Å². The van der Waals surface area contributed by atoms with Crippen LogP contribution in [-0.2, 0) is 6.54 Å². The van der Waals surface area contributed by atoms with E-state index in [1.807, 2.05) is 31.2 Å². The van der Waals surface area contributed by atoms with Crippen molar-refractivity contribution in [1.29, 1.82) is 0 Å². The Balaban J connectivity index is 2.20. The van der Waals surface area contributed by atoms with Crippen LogP contribution in [0.5, 0.6) is 5.75 Å². The third-order valence-corrected chi connectivity index (χ3v) is 2.02. The number of hydrogen-bond donors (Lipinski definition) is 1. The molecule has 0 aliphatic rings. The highest BCUT2D eigenvalue weighted by Gasteiger charge is 2.02. The van der Waals surface area contributed by atoms with Crippen LogP contribution >= 0.6 is 0 Å². The average molecular weight is 219 g/mol. The number of rotatable bonds is 4. The number of ether oxygens (including phenoxy) is 1. The fraction of sp³-hybridized carbons (Fsp3) is 0.300. The Hall–Kier alpha value is -1.95. The van der Waals surface area contributed by atoms with Crippen LogP contribution in [0.25, 0.3) is 5.69 Å². The van der Waals surface area contributed by atoms with Crippen molar-refractivity contribution in [2.24, 2.45) is 5.73 Å². The maximum atomic E-state index is 5.41. The summed E-state index contributed by atoms with van der Waals surface area (Å²) in [5.41, 5.74) is 6.24. The Bertz CT molecular complexity index is 450. The van der Waals surface area contributed by atoms with Crippen molar-refractivity contribution >= 4 is 0 Å². The molecule has 0 spiro atoms. The topological polar surface area (TPSA) is 78.8 Å². The van der Waals surface area contributed by atoms with Crippen molar-refractivity contribution in [3.05, 3.63) is 30.1 Å². The van der Waals surface area contributed by atoms with Crippen LogP contribution in [0.3, 0.4) is 0 Å². The smallest absolute Gasteiger partial charge is 0.188 e. The normalized spacial score (nSPS) is 10.4. The van der Waals surface area contributed by atoms with Gasteiger partial charge in [-0.2, -0.15) is 0 Å². The molecule has 1 heterocycles. The summed E-state index contributed by atoms with van der Waals surface area (Å²) >= 11 is 0. The van der Waals surface area contributed by atoms with Crippen molar-refractivity contribution in [1.82, 2.24) is 20.2 Å². The van der Waals surface area contributed by atoms with Gasteiger partial charge in [0.2, 0.25) is 0 Å². The summed E-state index contributed by atoms with van der Waals surface area (Å²) in [5.74, 6) is 1.35. The Morgan fingerprint density at radius 2 is 2.06 bits per heavy atom. The first-order valence-corrected chi connectivity index (χ1v) is 5.05. The zero-order valence-electron chi connectivity index (χ0n) is 9.00. The number of hydrogen-bond acceptors (Lipinski definition) is 5. The van der Waals surface area contributed by atoms with E-state index in [0.29, 0.717) is 12.4 Å². The van der Waals surface area contributed by atoms with Gasteiger partial charge in [-0.1, -0.05) is 0 Å². The van der Waals surface area contributed by atoms with Gasteiger partial charge < -0.3 is 10.5 Å². The first-order chi connectivity index (χ1) is 7.83. The average Bonchev–Trinajstić information content (AvgIpc) is 2.79. The van der Waals surface area contributed by atoms with Gasteiger partial charge >= 0.3 is 0 Å². The summed E-state index contributed by atoms with van der Waals surface area (Å²) in [4.78, 5) is 1.44. The van der Waals surface area contributed by atoms with Crippen LogP contribution in [0, 0.1) is 0 Å². The first kappa shape index (κ1) is 10.6. The molecule has 0 aliphatic heterocycles. The van der Waals surface area contributed by atoms with Gasteiger partial charge in [0.15, 0.2) is 5.82 Å². The van der Waals surface area contributed by atoms with Crippen LogP contribution in [-0.4, -0.2) is 26.8 Å². The van der Waals surface area contributed by atoms with Crippen molar-refractivity contribution in [2.45, 2.75) is 13.5 Å². The largest absolute Gasteiger partial charge is 0.494 e. The third kappa shape index (κ3) is 2.17. The highest BCUT2D eigenvalue weighted by Crippen LogP contribution is 2.13. The zero-order valence-corrected chi connectivity index (χ0v) is 9.00. The standard InChI is InChI=1S/C10H13N5O/c1-2-16-9-5-3-8(4-6-9)15-13-10(7-11)12-14-15/h3-6H,2,7,11H2,1H3. The Morgan fingerprint density at radius 1 is 1.31 bits per heavy atom. The van der Waals surface area contributed by atoms with Gasteiger partial charge in [-0.05, 0) is 36.4 Å². The van der Waals surface area contributed by atoms with E-state index in [1.54, 1.807) is 0 Å². The molecule has 1 aromatic carbocycles. The maximum Gasteiger partial charge on any atom is 0.188 e. The lowest BCUT2D eigenvalue weighted by atomic mass is 10.3. The van der Waals surface area contributed by atoms with Gasteiger partial charge in [0.25, 0.3) is 0 Å². The summed E-state index contributed by atoms with van der Waals surface area (Å²) in [7, 11) is 0. The zero-order chi connectivity index (χ0) is 11.4. The van der Waals surface area contributed by atoms with Gasteiger partial charge in [0, 0.05) is 0 Å². The molecular formula is C10H13N5O. The van der Waals surface area contributed by atoms with E-state index >= 15 is 0 Å². The molecule has 0 bridgehead atoms. The summed E-state index contributed by atoms with van der Waals surface area (Å²) in [6.45, 7) is 2.88. The molecule has 2 N–H and O–H groups in total. The molecule has 84 valence electrons. The summed E-state index contributed by atoms with van der Waals surface area (Å²) in [5, 5.41) is 11.8. The molecular weight excluding hydrogens is 206 g/mol. The Morgan fingerprint density at radius 3 is 2.62 bits per heavy atom. The highest BCUT2D eigenvalue weighted by molar-refractivity contribution is 5.35. The van der Waals surface area contributed by atoms with Gasteiger partial charge in [0.1, 0.15) is 5.75 Å². The Labute approximate surface area is 93.0 Å². The van der Waals surface area contributed by atoms with Crippen molar-refractivity contribution < 1.29 is 4.74 Å². The lowest BCUT2D eigenvalue weighted by Crippen LogP contribution is -2.02. The molecule has 0 amide bonds. The minimum Gasteiger partial charge on any atom is -0.494 e. The second-order valence-electron chi connectivity index (χ2n) is 3.13. The quantitative estimate of drug-likeness (QED) is 0.811. The first-order valence-electron chi connectivity index (χ1n) is 5.05. The second-order valence-corrected chi connectivity index (χ2v) is 3.13. The van der Waals surface area contributed by atoms with E-state index in [0.717, 1.165) is 11.4 Å². The molecule has 0 radical (unpaired) electrons. The second kappa shape index (κ2) is 4.71. The van der Waals surface area contributed by atoms with Gasteiger partial charge in [-0.3, -0.25) is 0 Å². The third-order valence-electron chi connectivity index (χ3n) is 2.02. The van der Waals surface area contributed by atoms with Gasteiger partial charge in [-0.15, -0.1) is 15.0 Å². The molecule has 6 nitrogen and oxygen atoms in total. The van der Waals surface area contributed by atoms with E-state index in [9.17, 15) is 0 Å². The van der Waals surface area contributed by atoms with Crippen LogP contribution < -0.4 is 10.5 Å². The van der Waals surface area contributed by atoms with E-state index in [2.05, 4.69) is 15.4 Å². The van der Waals surface area contributed by atoms with Crippen LogP contribution in [0.2, 0.25) is 0 Å². The number of aromatic nitrogens is 4. The number of nitrogens with two attached hydrogens (primary N) is 1. The summed E-state index contributed by atoms with van der Waals surface area (Å²) < 4.78 is 5.34. The molecule has 16 heavy (non-hydrogen) atoms. The molecule has 0 saturated carbocycles. The van der Waals surface area contributed by atoms with Crippen LogP contribution in [0.1, 0.15) is 12.7 Å². The molecule has 0 atom stereocenters. The molecule has 1 aromatic heterocycles. The van der Waals surface area contributed by atoms with Crippen LogP contribution in [0.15, 0.2) is 24.3 Å². The molecule has 0 saturated heterocycles.